The lowest BCUT2D eigenvalue weighted by molar-refractivity contribution is 0.0887. The Balaban J connectivity index is 2.78. The van der Waals surface area contributed by atoms with Crippen molar-refractivity contribution in [3.05, 3.63) is 17.5 Å². The molecule has 0 saturated carbocycles. The Bertz CT molecular complexity index is 398. The fraction of sp³-hybridized carbons (Fsp3) is 0.500. The maximum absolute atomic E-state index is 11.9. The van der Waals surface area contributed by atoms with E-state index in [4.69, 9.17) is 0 Å². The first-order valence-electron chi connectivity index (χ1n) is 5.18. The average Bonchev–Trinajstić information content (AvgIpc) is 2.25. The van der Waals surface area contributed by atoms with Gasteiger partial charge in [0.25, 0.3) is 12.3 Å². The van der Waals surface area contributed by atoms with E-state index < -0.39 is 18.9 Å². The number of aromatic nitrogens is 2. The Hall–Kier alpha value is -1.79. The minimum Gasteiger partial charge on any atom is -0.354 e. The van der Waals surface area contributed by atoms with Gasteiger partial charge in [-0.25, -0.2) is 18.7 Å². The summed E-state index contributed by atoms with van der Waals surface area (Å²) in [4.78, 5) is 19.5. The molecule has 1 amide bonds. The second-order valence-electron chi connectivity index (χ2n) is 3.35. The van der Waals surface area contributed by atoms with Crippen LogP contribution in [0.5, 0.6) is 0 Å². The van der Waals surface area contributed by atoms with Gasteiger partial charge < -0.3 is 10.6 Å². The van der Waals surface area contributed by atoms with E-state index in [1.165, 1.54) is 6.07 Å². The molecule has 0 bridgehead atoms. The summed E-state index contributed by atoms with van der Waals surface area (Å²) >= 11 is 0. The number of hydrogen-bond acceptors (Lipinski definition) is 4. The normalized spacial score (nSPS) is 10.4. The van der Waals surface area contributed by atoms with E-state index in [9.17, 15) is 13.6 Å². The molecule has 94 valence electrons. The molecule has 0 aromatic carbocycles. The second kappa shape index (κ2) is 6.07. The van der Waals surface area contributed by atoms with Crippen LogP contribution in [-0.4, -0.2) is 35.4 Å². The maximum Gasteiger partial charge on any atom is 0.270 e. The molecule has 0 atom stereocenters. The lowest BCUT2D eigenvalue weighted by Gasteiger charge is -2.07. The quantitative estimate of drug-likeness (QED) is 0.817. The number of nitrogens with one attached hydrogen (secondary N) is 2. The van der Waals surface area contributed by atoms with E-state index in [1.807, 2.05) is 6.92 Å². The molecule has 7 heteroatoms. The molecule has 0 aliphatic carbocycles. The Labute approximate surface area is 97.7 Å². The number of alkyl halides is 2. The minimum absolute atomic E-state index is 0.0779. The first-order valence-corrected chi connectivity index (χ1v) is 5.18. The van der Waals surface area contributed by atoms with Crippen LogP contribution in [0, 0.1) is 6.92 Å². The van der Waals surface area contributed by atoms with E-state index in [1.54, 1.807) is 6.92 Å². The molecule has 0 spiro atoms. The molecule has 5 nitrogen and oxygen atoms in total. The van der Waals surface area contributed by atoms with E-state index in [0.717, 1.165) is 0 Å². The van der Waals surface area contributed by atoms with Crippen LogP contribution in [0.4, 0.5) is 14.7 Å². The molecule has 0 unspecified atom stereocenters. The molecule has 1 heterocycles. The fourth-order valence-corrected chi connectivity index (χ4v) is 1.18. The number of rotatable bonds is 5. The largest absolute Gasteiger partial charge is 0.354 e. The third-order valence-electron chi connectivity index (χ3n) is 1.84. The molecular formula is C10H14F2N4O. The number of carbonyl (C=O) groups excluding carboxylic acids is 1. The van der Waals surface area contributed by atoms with Gasteiger partial charge in [-0.15, -0.1) is 0 Å². The van der Waals surface area contributed by atoms with Gasteiger partial charge in [0.2, 0.25) is 5.95 Å². The van der Waals surface area contributed by atoms with Crippen molar-refractivity contribution in [2.45, 2.75) is 20.3 Å². The number of nitrogens with zero attached hydrogens (tertiary/aromatic N) is 2. The Morgan fingerprint density at radius 1 is 1.47 bits per heavy atom. The number of aryl methyl sites for hydroxylation is 1. The van der Waals surface area contributed by atoms with Crippen LogP contribution < -0.4 is 10.6 Å². The summed E-state index contributed by atoms with van der Waals surface area (Å²) in [7, 11) is 0. The first-order chi connectivity index (χ1) is 8.02. The van der Waals surface area contributed by atoms with Crippen LogP contribution in [-0.2, 0) is 0 Å². The monoisotopic (exact) mass is 244 g/mol. The van der Waals surface area contributed by atoms with E-state index in [-0.39, 0.29) is 5.69 Å². The van der Waals surface area contributed by atoms with Crippen LogP contribution in [0.2, 0.25) is 0 Å². The van der Waals surface area contributed by atoms with Crippen LogP contribution >= 0.6 is 0 Å². The Morgan fingerprint density at radius 2 is 2.18 bits per heavy atom. The van der Waals surface area contributed by atoms with Gasteiger partial charge in [-0.3, -0.25) is 4.79 Å². The second-order valence-corrected chi connectivity index (χ2v) is 3.35. The zero-order valence-electron chi connectivity index (χ0n) is 9.63. The van der Waals surface area contributed by atoms with Crippen LogP contribution in [0.15, 0.2) is 6.07 Å². The van der Waals surface area contributed by atoms with Crippen molar-refractivity contribution >= 4 is 11.9 Å². The van der Waals surface area contributed by atoms with Crippen LogP contribution in [0.1, 0.15) is 23.1 Å². The third-order valence-corrected chi connectivity index (χ3v) is 1.84. The van der Waals surface area contributed by atoms with Crippen molar-refractivity contribution in [3.63, 3.8) is 0 Å². The zero-order valence-corrected chi connectivity index (χ0v) is 9.63. The topological polar surface area (TPSA) is 66.9 Å². The fourth-order valence-electron chi connectivity index (χ4n) is 1.18. The third kappa shape index (κ3) is 4.29. The number of anilines is 1. The molecule has 17 heavy (non-hydrogen) atoms. The minimum atomic E-state index is -2.57. The van der Waals surface area contributed by atoms with Crippen LogP contribution in [0.25, 0.3) is 0 Å². The molecule has 0 fully saturated rings. The molecule has 2 N–H and O–H groups in total. The predicted octanol–water partition coefficient (Wildman–Crippen LogP) is 1.21. The number of carbonyl (C=O) groups is 1. The van der Waals surface area contributed by atoms with Gasteiger partial charge in [-0.1, -0.05) is 0 Å². The standard InChI is InChI=1S/C10H14F2N4O/c1-3-13-10-15-6(2)4-7(16-10)9(17)14-5-8(11)12/h4,8H,3,5H2,1-2H3,(H,14,17)(H,13,15,16). The SMILES string of the molecule is CCNc1nc(C)cc(C(=O)NCC(F)F)n1. The highest BCUT2D eigenvalue weighted by atomic mass is 19.3. The molecule has 1 rings (SSSR count). The Kier molecular flexibility index (Phi) is 4.74. The summed E-state index contributed by atoms with van der Waals surface area (Å²) in [6.07, 6.45) is -2.57. The maximum atomic E-state index is 11.9. The average molecular weight is 244 g/mol. The van der Waals surface area contributed by atoms with E-state index in [0.29, 0.717) is 18.2 Å². The van der Waals surface area contributed by atoms with Gasteiger partial charge in [0.1, 0.15) is 5.69 Å². The van der Waals surface area contributed by atoms with Gasteiger partial charge in [-0.2, -0.15) is 0 Å². The molecule has 0 saturated heterocycles. The van der Waals surface area contributed by atoms with Gasteiger partial charge in [0, 0.05) is 12.2 Å². The van der Waals surface area contributed by atoms with Crippen molar-refractivity contribution in [3.8, 4) is 0 Å². The molecule has 0 radical (unpaired) electrons. The van der Waals surface area contributed by atoms with E-state index in [2.05, 4.69) is 20.6 Å². The smallest absolute Gasteiger partial charge is 0.270 e. The van der Waals surface area contributed by atoms with Gasteiger partial charge in [0.15, 0.2) is 0 Å². The van der Waals surface area contributed by atoms with Crippen molar-refractivity contribution in [1.82, 2.24) is 15.3 Å². The van der Waals surface area contributed by atoms with Gasteiger partial charge in [0.05, 0.1) is 6.54 Å². The number of halogens is 2. The van der Waals surface area contributed by atoms with Gasteiger partial charge in [-0.05, 0) is 19.9 Å². The van der Waals surface area contributed by atoms with Crippen molar-refractivity contribution in [2.24, 2.45) is 0 Å². The lowest BCUT2D eigenvalue weighted by atomic mass is 10.3. The summed E-state index contributed by atoms with van der Waals surface area (Å²) in [6, 6.07) is 1.45. The summed E-state index contributed by atoms with van der Waals surface area (Å²) in [5, 5.41) is 4.95. The highest BCUT2D eigenvalue weighted by Crippen LogP contribution is 2.04. The zero-order chi connectivity index (χ0) is 12.8. The number of amides is 1. The first kappa shape index (κ1) is 13.3. The molecule has 0 aliphatic heterocycles. The molecule has 1 aromatic rings. The Morgan fingerprint density at radius 3 is 2.76 bits per heavy atom. The predicted molar refractivity (Wildman–Crippen MR) is 59.3 cm³/mol. The lowest BCUT2D eigenvalue weighted by Crippen LogP contribution is -2.29. The summed E-state index contributed by atoms with van der Waals surface area (Å²) in [6.45, 7) is 3.49. The highest BCUT2D eigenvalue weighted by molar-refractivity contribution is 5.92. The number of hydrogen-bond donors (Lipinski definition) is 2. The highest BCUT2D eigenvalue weighted by Gasteiger charge is 2.12. The summed E-state index contributed by atoms with van der Waals surface area (Å²) in [5.41, 5.74) is 0.673. The molecule has 1 aromatic heterocycles. The van der Waals surface area contributed by atoms with Crippen molar-refractivity contribution in [1.29, 1.82) is 0 Å². The molecular weight excluding hydrogens is 230 g/mol. The van der Waals surface area contributed by atoms with Crippen molar-refractivity contribution in [2.75, 3.05) is 18.4 Å². The van der Waals surface area contributed by atoms with Gasteiger partial charge >= 0.3 is 0 Å². The molecule has 0 aliphatic rings. The van der Waals surface area contributed by atoms with Crippen LogP contribution in [0.3, 0.4) is 0 Å². The summed E-state index contributed by atoms with van der Waals surface area (Å²) < 4.78 is 23.9. The summed E-state index contributed by atoms with van der Waals surface area (Å²) in [5.74, 6) is -0.315. The van der Waals surface area contributed by atoms with E-state index >= 15 is 0 Å². The van der Waals surface area contributed by atoms with Crippen molar-refractivity contribution < 1.29 is 13.6 Å².